The van der Waals surface area contributed by atoms with Crippen LogP contribution in [-0.4, -0.2) is 44.7 Å². The standard InChI is InChI=1S/C32H35NO7/c1-8-40-24-14-11-20(15-23(24)18(2)3)29(34)27-28(21-16-25(37-5)31(39-7)26(17-21)38-6)33(32(36)30(27)35)22-12-9-19(4)10-13-22/h9-18,28,34H,8H2,1-7H3/b29-27+. The molecule has 4 rings (SSSR count). The number of aryl methyl sites for hydroxylation is 1. The van der Waals surface area contributed by atoms with Crippen molar-refractivity contribution >= 4 is 23.1 Å². The Bertz CT molecular complexity index is 1430. The van der Waals surface area contributed by atoms with Gasteiger partial charge in [0.15, 0.2) is 11.5 Å². The number of aliphatic hydroxyl groups is 1. The van der Waals surface area contributed by atoms with E-state index in [1.54, 1.807) is 42.5 Å². The number of ether oxygens (including phenoxy) is 4. The van der Waals surface area contributed by atoms with Gasteiger partial charge in [-0.05, 0) is 73.4 Å². The zero-order valence-corrected chi connectivity index (χ0v) is 23.9. The van der Waals surface area contributed by atoms with Gasteiger partial charge >= 0.3 is 0 Å². The van der Waals surface area contributed by atoms with Crippen LogP contribution < -0.4 is 23.8 Å². The molecule has 3 aromatic rings. The maximum atomic E-state index is 13.7. The number of aliphatic hydroxyl groups excluding tert-OH is 1. The molecule has 1 N–H and O–H groups in total. The molecular weight excluding hydrogens is 510 g/mol. The number of amides is 1. The van der Waals surface area contributed by atoms with Crippen molar-refractivity contribution in [2.24, 2.45) is 0 Å². The molecule has 3 aromatic carbocycles. The largest absolute Gasteiger partial charge is 0.507 e. The molecule has 0 radical (unpaired) electrons. The number of carbonyl (C=O) groups is 2. The van der Waals surface area contributed by atoms with E-state index in [0.717, 1.165) is 11.1 Å². The zero-order valence-electron chi connectivity index (χ0n) is 23.9. The normalized spacial score (nSPS) is 16.4. The first-order valence-corrected chi connectivity index (χ1v) is 13.1. The summed E-state index contributed by atoms with van der Waals surface area (Å²) in [5, 5.41) is 11.7. The summed E-state index contributed by atoms with van der Waals surface area (Å²) in [6.07, 6.45) is 0. The van der Waals surface area contributed by atoms with Crippen molar-refractivity contribution in [2.75, 3.05) is 32.8 Å². The molecule has 1 amide bonds. The van der Waals surface area contributed by atoms with Crippen LogP contribution in [0.1, 0.15) is 55.0 Å². The van der Waals surface area contributed by atoms with Gasteiger partial charge in [-0.2, -0.15) is 0 Å². The van der Waals surface area contributed by atoms with E-state index in [1.807, 2.05) is 39.8 Å². The van der Waals surface area contributed by atoms with E-state index < -0.39 is 17.7 Å². The van der Waals surface area contributed by atoms with Crippen molar-refractivity contribution in [3.63, 3.8) is 0 Å². The number of ketones is 1. The molecule has 40 heavy (non-hydrogen) atoms. The van der Waals surface area contributed by atoms with Crippen molar-refractivity contribution in [2.45, 2.75) is 39.7 Å². The van der Waals surface area contributed by atoms with E-state index in [4.69, 9.17) is 18.9 Å². The van der Waals surface area contributed by atoms with Gasteiger partial charge < -0.3 is 24.1 Å². The van der Waals surface area contributed by atoms with Crippen LogP contribution in [0.3, 0.4) is 0 Å². The van der Waals surface area contributed by atoms with Gasteiger partial charge in [0.05, 0.1) is 39.6 Å². The smallest absolute Gasteiger partial charge is 0.300 e. The quantitative estimate of drug-likeness (QED) is 0.195. The fraction of sp³-hybridized carbons (Fsp3) is 0.312. The molecule has 210 valence electrons. The van der Waals surface area contributed by atoms with E-state index in [0.29, 0.717) is 46.4 Å². The van der Waals surface area contributed by atoms with Crippen LogP contribution in [0, 0.1) is 6.92 Å². The van der Waals surface area contributed by atoms with Crippen molar-refractivity contribution < 1.29 is 33.6 Å². The summed E-state index contributed by atoms with van der Waals surface area (Å²) in [7, 11) is 4.48. The maximum Gasteiger partial charge on any atom is 0.300 e. The number of hydrogen-bond acceptors (Lipinski definition) is 7. The highest BCUT2D eigenvalue weighted by Crippen LogP contribution is 2.47. The van der Waals surface area contributed by atoms with E-state index in [1.165, 1.54) is 26.2 Å². The lowest BCUT2D eigenvalue weighted by molar-refractivity contribution is -0.132. The van der Waals surface area contributed by atoms with Crippen LogP contribution in [-0.2, 0) is 9.59 Å². The fourth-order valence-corrected chi connectivity index (χ4v) is 4.97. The minimum atomic E-state index is -0.967. The number of carbonyl (C=O) groups excluding carboxylic acids is 2. The summed E-state index contributed by atoms with van der Waals surface area (Å²) in [4.78, 5) is 28.6. The number of methoxy groups -OCH3 is 3. The molecule has 1 aliphatic rings. The minimum absolute atomic E-state index is 0.0429. The van der Waals surface area contributed by atoms with E-state index in [9.17, 15) is 14.7 Å². The van der Waals surface area contributed by atoms with Gasteiger partial charge in [-0.3, -0.25) is 14.5 Å². The molecule has 1 unspecified atom stereocenters. The van der Waals surface area contributed by atoms with Crippen molar-refractivity contribution in [1.82, 2.24) is 0 Å². The fourth-order valence-electron chi connectivity index (χ4n) is 4.97. The Morgan fingerprint density at radius 2 is 1.52 bits per heavy atom. The Kier molecular flexibility index (Phi) is 8.38. The molecule has 0 aliphatic carbocycles. The predicted molar refractivity (Wildman–Crippen MR) is 154 cm³/mol. The Morgan fingerprint density at radius 3 is 2.05 bits per heavy atom. The van der Waals surface area contributed by atoms with Crippen LogP contribution in [0.5, 0.6) is 23.0 Å². The van der Waals surface area contributed by atoms with E-state index >= 15 is 0 Å². The second kappa shape index (κ2) is 11.7. The van der Waals surface area contributed by atoms with Crippen LogP contribution in [0.25, 0.3) is 5.76 Å². The number of Topliss-reactive ketones (excluding diaryl/α,β-unsaturated/α-hetero) is 1. The molecule has 1 fully saturated rings. The van der Waals surface area contributed by atoms with Gasteiger partial charge in [-0.1, -0.05) is 31.5 Å². The Hall–Kier alpha value is -4.46. The molecule has 8 nitrogen and oxygen atoms in total. The second-order valence-corrected chi connectivity index (χ2v) is 9.80. The number of anilines is 1. The van der Waals surface area contributed by atoms with Gasteiger partial charge in [0, 0.05) is 11.3 Å². The second-order valence-electron chi connectivity index (χ2n) is 9.80. The number of hydrogen-bond donors (Lipinski definition) is 1. The van der Waals surface area contributed by atoms with Crippen LogP contribution >= 0.6 is 0 Å². The summed E-state index contributed by atoms with van der Waals surface area (Å²) < 4.78 is 22.4. The zero-order chi connectivity index (χ0) is 29.1. The number of rotatable bonds is 9. The highest BCUT2D eigenvalue weighted by atomic mass is 16.5. The lowest BCUT2D eigenvalue weighted by Gasteiger charge is -2.27. The first-order chi connectivity index (χ1) is 19.2. The minimum Gasteiger partial charge on any atom is -0.507 e. The topological polar surface area (TPSA) is 94.5 Å². The monoisotopic (exact) mass is 545 g/mol. The SMILES string of the molecule is CCOc1ccc(/C(O)=C2\C(=O)C(=O)N(c3ccc(C)cc3)C2c2cc(OC)c(OC)c(OC)c2)cc1C(C)C. The molecule has 8 heteroatoms. The third-order valence-corrected chi connectivity index (χ3v) is 6.96. The van der Waals surface area contributed by atoms with Crippen molar-refractivity contribution in [3.8, 4) is 23.0 Å². The molecular formula is C32H35NO7. The highest BCUT2D eigenvalue weighted by molar-refractivity contribution is 6.51. The predicted octanol–water partition coefficient (Wildman–Crippen LogP) is 6.17. The van der Waals surface area contributed by atoms with Crippen LogP contribution in [0.2, 0.25) is 0 Å². The highest BCUT2D eigenvalue weighted by Gasteiger charge is 2.47. The summed E-state index contributed by atoms with van der Waals surface area (Å²) in [6, 6.07) is 15.0. The number of benzene rings is 3. The molecule has 1 heterocycles. The first-order valence-electron chi connectivity index (χ1n) is 13.1. The van der Waals surface area contributed by atoms with E-state index in [-0.39, 0.29) is 17.3 Å². The lowest BCUT2D eigenvalue weighted by Crippen LogP contribution is -2.29. The summed E-state index contributed by atoms with van der Waals surface area (Å²) in [6.45, 7) is 8.38. The molecule has 0 aromatic heterocycles. The van der Waals surface area contributed by atoms with Crippen LogP contribution in [0.4, 0.5) is 5.69 Å². The van der Waals surface area contributed by atoms with Gasteiger partial charge in [-0.15, -0.1) is 0 Å². The average molecular weight is 546 g/mol. The molecule has 0 saturated carbocycles. The van der Waals surface area contributed by atoms with Gasteiger partial charge in [0.25, 0.3) is 11.7 Å². The lowest BCUT2D eigenvalue weighted by atomic mass is 9.92. The van der Waals surface area contributed by atoms with Gasteiger partial charge in [0.2, 0.25) is 5.75 Å². The molecule has 1 atom stereocenters. The number of nitrogens with zero attached hydrogens (tertiary/aromatic N) is 1. The Balaban J connectivity index is 2.01. The van der Waals surface area contributed by atoms with Crippen molar-refractivity contribution in [3.05, 3.63) is 82.4 Å². The van der Waals surface area contributed by atoms with Crippen LogP contribution in [0.15, 0.2) is 60.2 Å². The van der Waals surface area contributed by atoms with Gasteiger partial charge in [-0.25, -0.2) is 0 Å². The Morgan fingerprint density at radius 1 is 0.900 bits per heavy atom. The average Bonchev–Trinajstić information content (AvgIpc) is 3.22. The maximum absolute atomic E-state index is 13.7. The third kappa shape index (κ3) is 5.09. The molecule has 1 aliphatic heterocycles. The molecule has 1 saturated heterocycles. The first kappa shape index (κ1) is 28.5. The summed E-state index contributed by atoms with van der Waals surface area (Å²) in [5.74, 6) is 0.0521. The Labute approximate surface area is 234 Å². The molecule has 0 spiro atoms. The summed E-state index contributed by atoms with van der Waals surface area (Å²) >= 11 is 0. The van der Waals surface area contributed by atoms with Gasteiger partial charge in [0.1, 0.15) is 11.5 Å². The van der Waals surface area contributed by atoms with Crippen molar-refractivity contribution in [1.29, 1.82) is 0 Å². The molecule has 0 bridgehead atoms. The van der Waals surface area contributed by atoms with E-state index in [2.05, 4.69) is 0 Å². The summed E-state index contributed by atoms with van der Waals surface area (Å²) in [5.41, 5.74) is 3.26. The third-order valence-electron chi connectivity index (χ3n) is 6.96.